The second-order valence-corrected chi connectivity index (χ2v) is 6.85. The number of carbonyl (C=O) groups is 1. The number of hydrogen-bond acceptors (Lipinski definition) is 6. The molecule has 1 amide bonds. The lowest BCUT2D eigenvalue weighted by Crippen LogP contribution is -2.15. The van der Waals surface area contributed by atoms with Crippen molar-refractivity contribution in [1.29, 1.82) is 0 Å². The van der Waals surface area contributed by atoms with Crippen LogP contribution in [0.5, 0.6) is 5.75 Å². The molecule has 3 aromatic rings. The summed E-state index contributed by atoms with van der Waals surface area (Å²) in [5, 5.41) is 15.2. The minimum Gasteiger partial charge on any atom is -0.492 e. The van der Waals surface area contributed by atoms with Crippen molar-refractivity contribution in [3.63, 3.8) is 0 Å². The van der Waals surface area contributed by atoms with Gasteiger partial charge in [0.15, 0.2) is 0 Å². The Balaban J connectivity index is 1.68. The molecule has 0 saturated carbocycles. The van der Waals surface area contributed by atoms with E-state index in [4.69, 9.17) is 4.74 Å². The Labute approximate surface area is 162 Å². The largest absolute Gasteiger partial charge is 0.492 e. The third-order valence-electron chi connectivity index (χ3n) is 3.96. The summed E-state index contributed by atoms with van der Waals surface area (Å²) in [6.45, 7) is 6.52. The van der Waals surface area contributed by atoms with Crippen molar-refractivity contribution in [3.05, 3.63) is 53.6 Å². The number of para-hydroxylation sites is 2. The molecular weight excluding hydrogens is 362 g/mol. The number of hydrogen-bond donors (Lipinski definition) is 1. The average Bonchev–Trinajstić information content (AvgIpc) is 3.12. The van der Waals surface area contributed by atoms with E-state index in [1.165, 1.54) is 17.3 Å². The molecule has 0 aliphatic carbocycles. The Bertz CT molecular complexity index is 941. The van der Waals surface area contributed by atoms with Crippen LogP contribution < -0.4 is 10.1 Å². The number of aromatic nitrogens is 4. The lowest BCUT2D eigenvalue weighted by atomic mass is 10.1. The van der Waals surface area contributed by atoms with Gasteiger partial charge in [-0.15, -0.1) is 5.10 Å². The van der Waals surface area contributed by atoms with Gasteiger partial charge in [-0.05, 0) is 66.6 Å². The highest BCUT2D eigenvalue weighted by Gasteiger charge is 2.15. The van der Waals surface area contributed by atoms with E-state index < -0.39 is 0 Å². The van der Waals surface area contributed by atoms with Crippen LogP contribution in [-0.4, -0.2) is 38.5 Å². The summed E-state index contributed by atoms with van der Waals surface area (Å²) in [5.41, 5.74) is 3.85. The zero-order chi connectivity index (χ0) is 19.2. The molecule has 0 aliphatic rings. The van der Waals surface area contributed by atoms with E-state index in [0.29, 0.717) is 17.5 Å². The van der Waals surface area contributed by atoms with Crippen LogP contribution in [0.2, 0.25) is 0 Å². The number of nitrogens with zero attached hydrogens (tertiary/aromatic N) is 4. The summed E-state index contributed by atoms with van der Waals surface area (Å²) in [4.78, 5) is 12.3. The number of aryl methyl sites for hydroxylation is 2. The Morgan fingerprint density at radius 1 is 1.19 bits per heavy atom. The van der Waals surface area contributed by atoms with Gasteiger partial charge in [-0.25, -0.2) is 0 Å². The summed E-state index contributed by atoms with van der Waals surface area (Å²) in [6, 6.07) is 13.4. The summed E-state index contributed by atoms with van der Waals surface area (Å²) in [6.07, 6.45) is 0. The van der Waals surface area contributed by atoms with Gasteiger partial charge in [0.25, 0.3) is 0 Å². The number of amides is 1. The van der Waals surface area contributed by atoms with Gasteiger partial charge in [-0.2, -0.15) is 4.68 Å². The molecule has 140 valence electrons. The van der Waals surface area contributed by atoms with Crippen molar-refractivity contribution in [2.45, 2.75) is 25.9 Å². The number of carbonyl (C=O) groups excluding carboxylic acids is 1. The lowest BCUT2D eigenvalue weighted by molar-refractivity contribution is -0.113. The van der Waals surface area contributed by atoms with Gasteiger partial charge in [-0.1, -0.05) is 30.0 Å². The first-order chi connectivity index (χ1) is 13.1. The quantitative estimate of drug-likeness (QED) is 0.630. The highest BCUT2D eigenvalue weighted by atomic mass is 32.2. The SMILES string of the molecule is CCOc1ccccc1-n1nnnc1SCC(=O)Nc1ccc(C)c(C)c1. The summed E-state index contributed by atoms with van der Waals surface area (Å²) < 4.78 is 7.22. The van der Waals surface area contributed by atoms with Crippen LogP contribution in [0.4, 0.5) is 5.69 Å². The van der Waals surface area contributed by atoms with Crippen molar-refractivity contribution in [2.75, 3.05) is 17.7 Å². The fraction of sp³-hybridized carbons (Fsp3) is 0.263. The van der Waals surface area contributed by atoms with Gasteiger partial charge in [0, 0.05) is 5.69 Å². The summed E-state index contributed by atoms with van der Waals surface area (Å²) >= 11 is 1.27. The topological polar surface area (TPSA) is 81.9 Å². The van der Waals surface area contributed by atoms with Crippen molar-refractivity contribution >= 4 is 23.4 Å². The van der Waals surface area contributed by atoms with Crippen LogP contribution >= 0.6 is 11.8 Å². The van der Waals surface area contributed by atoms with Gasteiger partial charge < -0.3 is 10.1 Å². The van der Waals surface area contributed by atoms with E-state index in [1.54, 1.807) is 4.68 Å². The zero-order valence-electron chi connectivity index (χ0n) is 15.5. The maximum absolute atomic E-state index is 12.3. The number of rotatable bonds is 7. The second-order valence-electron chi connectivity index (χ2n) is 5.91. The predicted molar refractivity (Wildman–Crippen MR) is 106 cm³/mol. The van der Waals surface area contributed by atoms with E-state index >= 15 is 0 Å². The third kappa shape index (κ3) is 4.65. The molecule has 27 heavy (non-hydrogen) atoms. The molecule has 7 nitrogen and oxygen atoms in total. The second kappa shape index (κ2) is 8.68. The molecule has 0 radical (unpaired) electrons. The van der Waals surface area contributed by atoms with Gasteiger partial charge in [0.2, 0.25) is 11.1 Å². The molecular formula is C19H21N5O2S. The van der Waals surface area contributed by atoms with Crippen LogP contribution in [0, 0.1) is 13.8 Å². The van der Waals surface area contributed by atoms with E-state index in [-0.39, 0.29) is 11.7 Å². The predicted octanol–water partition coefficient (Wildman–Crippen LogP) is 3.41. The monoisotopic (exact) mass is 383 g/mol. The van der Waals surface area contributed by atoms with Gasteiger partial charge in [-0.3, -0.25) is 4.79 Å². The molecule has 0 saturated heterocycles. The van der Waals surface area contributed by atoms with Crippen LogP contribution in [-0.2, 0) is 4.79 Å². The number of nitrogens with one attached hydrogen (secondary N) is 1. The lowest BCUT2D eigenvalue weighted by Gasteiger charge is -2.10. The Morgan fingerprint density at radius 2 is 2.00 bits per heavy atom. The number of ether oxygens (including phenoxy) is 1. The standard InChI is InChI=1S/C19H21N5O2S/c1-4-26-17-8-6-5-7-16(17)24-19(21-22-23-24)27-12-18(25)20-15-10-9-13(2)14(3)11-15/h5-11H,4,12H2,1-3H3,(H,20,25). The highest BCUT2D eigenvalue weighted by molar-refractivity contribution is 7.99. The minimum atomic E-state index is -0.115. The summed E-state index contributed by atoms with van der Waals surface area (Å²) in [7, 11) is 0. The van der Waals surface area contributed by atoms with E-state index in [2.05, 4.69) is 20.8 Å². The van der Waals surface area contributed by atoms with Crippen LogP contribution in [0.15, 0.2) is 47.6 Å². The molecule has 0 fully saturated rings. The smallest absolute Gasteiger partial charge is 0.234 e. The van der Waals surface area contributed by atoms with Gasteiger partial charge >= 0.3 is 0 Å². The molecule has 0 unspecified atom stereocenters. The van der Waals surface area contributed by atoms with Crippen LogP contribution in [0.25, 0.3) is 5.69 Å². The molecule has 1 aromatic heterocycles. The van der Waals surface area contributed by atoms with Crippen molar-refractivity contribution in [3.8, 4) is 11.4 Å². The molecule has 0 atom stereocenters. The highest BCUT2D eigenvalue weighted by Crippen LogP contribution is 2.26. The number of tetrazole rings is 1. The normalized spacial score (nSPS) is 10.6. The summed E-state index contributed by atoms with van der Waals surface area (Å²) in [5.74, 6) is 0.772. The number of thioether (sulfide) groups is 1. The van der Waals surface area contributed by atoms with Gasteiger partial charge in [0.05, 0.1) is 12.4 Å². The Morgan fingerprint density at radius 3 is 2.78 bits per heavy atom. The van der Waals surface area contributed by atoms with E-state index in [1.807, 2.05) is 63.2 Å². The maximum atomic E-state index is 12.3. The Hall–Kier alpha value is -2.87. The molecule has 1 N–H and O–H groups in total. The first kappa shape index (κ1) is 18.9. The fourth-order valence-electron chi connectivity index (χ4n) is 2.48. The van der Waals surface area contributed by atoms with Crippen molar-refractivity contribution in [1.82, 2.24) is 20.2 Å². The van der Waals surface area contributed by atoms with E-state index in [9.17, 15) is 4.79 Å². The molecule has 2 aromatic carbocycles. The van der Waals surface area contributed by atoms with Crippen molar-refractivity contribution in [2.24, 2.45) is 0 Å². The van der Waals surface area contributed by atoms with Gasteiger partial charge in [0.1, 0.15) is 11.4 Å². The number of benzene rings is 2. The third-order valence-corrected chi connectivity index (χ3v) is 4.88. The van der Waals surface area contributed by atoms with Crippen LogP contribution in [0.1, 0.15) is 18.1 Å². The fourth-order valence-corrected chi connectivity index (χ4v) is 3.16. The minimum absolute atomic E-state index is 0.115. The Kier molecular flexibility index (Phi) is 6.08. The molecule has 0 bridgehead atoms. The molecule has 0 spiro atoms. The molecule has 8 heteroatoms. The molecule has 3 rings (SSSR count). The first-order valence-corrected chi connectivity index (χ1v) is 9.57. The molecule has 0 aliphatic heterocycles. The van der Waals surface area contributed by atoms with E-state index in [0.717, 1.165) is 16.9 Å². The number of anilines is 1. The average molecular weight is 383 g/mol. The molecule has 1 heterocycles. The van der Waals surface area contributed by atoms with Crippen molar-refractivity contribution < 1.29 is 9.53 Å². The zero-order valence-corrected chi connectivity index (χ0v) is 16.3. The maximum Gasteiger partial charge on any atom is 0.234 e. The van der Waals surface area contributed by atoms with Crippen LogP contribution in [0.3, 0.4) is 0 Å². The first-order valence-electron chi connectivity index (χ1n) is 8.59.